The topological polar surface area (TPSA) is 55.1 Å². The molecule has 12 heavy (non-hydrogen) atoms. The zero-order chi connectivity index (χ0) is 8.97. The minimum atomic E-state index is -0.146. The number of nitrogens with two attached hydrogens (primary N) is 1. The molecule has 0 spiro atoms. The van der Waals surface area contributed by atoms with E-state index < -0.39 is 0 Å². The first-order valence-corrected chi connectivity index (χ1v) is 4.41. The van der Waals surface area contributed by atoms with E-state index in [9.17, 15) is 4.79 Å². The molecule has 0 radical (unpaired) electrons. The highest BCUT2D eigenvalue weighted by atomic mass is 16.2. The van der Waals surface area contributed by atoms with Crippen LogP contribution in [0.5, 0.6) is 0 Å². The number of allylic oxidation sites excluding steroid dienone is 1. The van der Waals surface area contributed by atoms with E-state index in [4.69, 9.17) is 5.73 Å². The van der Waals surface area contributed by atoms with Crippen molar-refractivity contribution in [2.75, 3.05) is 0 Å². The Balaban J connectivity index is 2.51. The van der Waals surface area contributed by atoms with Gasteiger partial charge in [-0.05, 0) is 25.7 Å². The normalized spacial score (nSPS) is 30.6. The summed E-state index contributed by atoms with van der Waals surface area (Å²) in [6, 6.07) is 0. The van der Waals surface area contributed by atoms with Crippen molar-refractivity contribution in [3.63, 3.8) is 0 Å². The van der Waals surface area contributed by atoms with Gasteiger partial charge in [-0.3, -0.25) is 4.79 Å². The summed E-state index contributed by atoms with van der Waals surface area (Å²) in [6.45, 7) is 3.63. The van der Waals surface area contributed by atoms with Crippen molar-refractivity contribution in [2.45, 2.75) is 31.8 Å². The maximum Gasteiger partial charge on any atom is 0.224 e. The van der Waals surface area contributed by atoms with Gasteiger partial charge in [0, 0.05) is 5.92 Å². The van der Waals surface area contributed by atoms with Gasteiger partial charge in [0.15, 0.2) is 0 Å². The summed E-state index contributed by atoms with van der Waals surface area (Å²) >= 11 is 0. The fraction of sp³-hybridized carbons (Fsp3) is 0.667. The Labute approximate surface area is 73.0 Å². The highest BCUT2D eigenvalue weighted by Crippen LogP contribution is 2.17. The van der Waals surface area contributed by atoms with Crippen LogP contribution in [0.2, 0.25) is 0 Å². The lowest BCUT2D eigenvalue weighted by atomic mass is 9.99. The predicted octanol–water partition coefficient (Wildman–Crippen LogP) is 0.764. The van der Waals surface area contributed by atoms with Crippen LogP contribution in [0.4, 0.5) is 0 Å². The van der Waals surface area contributed by atoms with Crippen LogP contribution in [-0.2, 0) is 4.79 Å². The van der Waals surface area contributed by atoms with Gasteiger partial charge in [0.25, 0.3) is 0 Å². The Morgan fingerprint density at radius 1 is 1.67 bits per heavy atom. The first-order chi connectivity index (χ1) is 5.74. The van der Waals surface area contributed by atoms with Gasteiger partial charge in [0.1, 0.15) is 0 Å². The summed E-state index contributed by atoms with van der Waals surface area (Å²) in [5.41, 5.74) is 5.63. The van der Waals surface area contributed by atoms with E-state index >= 15 is 0 Å². The van der Waals surface area contributed by atoms with Crippen molar-refractivity contribution >= 4 is 5.91 Å². The number of amides is 1. The predicted molar refractivity (Wildman–Crippen MR) is 48.3 cm³/mol. The number of rotatable bonds is 2. The first kappa shape index (κ1) is 9.26. The molecular formula is C9H16N2O. The average Bonchev–Trinajstić information content (AvgIpc) is 2.15. The molecule has 1 heterocycles. The molecular weight excluding hydrogens is 152 g/mol. The number of hydrogen-bond acceptors (Lipinski definition) is 2. The van der Waals surface area contributed by atoms with Gasteiger partial charge >= 0.3 is 0 Å². The second-order valence-corrected chi connectivity index (χ2v) is 3.27. The maximum absolute atomic E-state index is 11.4. The molecule has 1 rings (SSSR count). The van der Waals surface area contributed by atoms with Gasteiger partial charge in [-0.15, -0.1) is 6.58 Å². The third-order valence-corrected chi connectivity index (χ3v) is 2.22. The first-order valence-electron chi connectivity index (χ1n) is 4.41. The van der Waals surface area contributed by atoms with Crippen LogP contribution in [0.15, 0.2) is 12.7 Å². The molecule has 1 aliphatic rings. The highest BCUT2D eigenvalue weighted by Gasteiger charge is 2.22. The van der Waals surface area contributed by atoms with Gasteiger partial charge < -0.3 is 11.1 Å². The number of carbonyl (C=O) groups excluding carboxylic acids is 1. The van der Waals surface area contributed by atoms with Crippen molar-refractivity contribution < 1.29 is 4.79 Å². The monoisotopic (exact) mass is 168 g/mol. The van der Waals surface area contributed by atoms with Crippen LogP contribution < -0.4 is 11.1 Å². The Bertz CT molecular complexity index is 179. The molecule has 1 amide bonds. The molecule has 0 aliphatic carbocycles. The largest absolute Gasteiger partial charge is 0.341 e. The zero-order valence-electron chi connectivity index (χ0n) is 7.25. The lowest BCUT2D eigenvalue weighted by molar-refractivity contribution is -0.125. The van der Waals surface area contributed by atoms with E-state index in [2.05, 4.69) is 11.9 Å². The molecule has 1 saturated heterocycles. The maximum atomic E-state index is 11.4. The van der Waals surface area contributed by atoms with Crippen molar-refractivity contribution in [3.8, 4) is 0 Å². The standard InChI is InChI=1S/C9H16N2O/c1-2-4-7-5-3-6-8(10)11-9(7)12/h2,7-8H,1,3-6,10H2,(H,11,12). The summed E-state index contributed by atoms with van der Waals surface area (Å²) in [5.74, 6) is 0.177. The van der Waals surface area contributed by atoms with Crippen LogP contribution in [0, 0.1) is 5.92 Å². The molecule has 1 fully saturated rings. The van der Waals surface area contributed by atoms with Crippen LogP contribution in [0.3, 0.4) is 0 Å². The molecule has 0 saturated carbocycles. The van der Waals surface area contributed by atoms with Crippen LogP contribution >= 0.6 is 0 Å². The van der Waals surface area contributed by atoms with Crippen LogP contribution in [0.1, 0.15) is 25.7 Å². The van der Waals surface area contributed by atoms with Gasteiger partial charge in [-0.2, -0.15) is 0 Å². The third-order valence-electron chi connectivity index (χ3n) is 2.22. The summed E-state index contributed by atoms with van der Waals surface area (Å²) in [7, 11) is 0. The van der Waals surface area contributed by atoms with E-state index in [1.807, 2.05) is 0 Å². The molecule has 1 aliphatic heterocycles. The fourth-order valence-electron chi connectivity index (χ4n) is 1.51. The molecule has 2 unspecified atom stereocenters. The summed E-state index contributed by atoms with van der Waals surface area (Å²) in [4.78, 5) is 11.4. The molecule has 3 heteroatoms. The SMILES string of the molecule is C=CCC1CCCC(N)NC1=O. The lowest BCUT2D eigenvalue weighted by Crippen LogP contribution is -2.41. The van der Waals surface area contributed by atoms with Crippen molar-refractivity contribution in [2.24, 2.45) is 11.7 Å². The highest BCUT2D eigenvalue weighted by molar-refractivity contribution is 5.79. The van der Waals surface area contributed by atoms with Crippen molar-refractivity contribution in [3.05, 3.63) is 12.7 Å². The Hall–Kier alpha value is -0.830. The zero-order valence-corrected chi connectivity index (χ0v) is 7.25. The summed E-state index contributed by atoms with van der Waals surface area (Å²) in [5, 5.41) is 2.77. The van der Waals surface area contributed by atoms with Crippen molar-refractivity contribution in [1.82, 2.24) is 5.32 Å². The van der Waals surface area contributed by atoms with E-state index in [0.717, 1.165) is 25.7 Å². The third kappa shape index (κ3) is 2.34. The van der Waals surface area contributed by atoms with Crippen LogP contribution in [-0.4, -0.2) is 12.1 Å². The fourth-order valence-corrected chi connectivity index (χ4v) is 1.51. The van der Waals surface area contributed by atoms with E-state index in [0.29, 0.717) is 0 Å². The molecule has 3 nitrogen and oxygen atoms in total. The molecule has 3 N–H and O–H groups in total. The molecule has 0 bridgehead atoms. The van der Waals surface area contributed by atoms with Gasteiger partial charge in [-0.1, -0.05) is 6.08 Å². The number of carbonyl (C=O) groups is 1. The molecule has 0 aromatic carbocycles. The molecule has 0 aromatic heterocycles. The Morgan fingerprint density at radius 3 is 3.08 bits per heavy atom. The molecule has 68 valence electrons. The number of nitrogens with one attached hydrogen (secondary N) is 1. The summed E-state index contributed by atoms with van der Waals surface area (Å²) < 4.78 is 0. The Kier molecular flexibility index (Phi) is 3.29. The van der Waals surface area contributed by atoms with E-state index in [1.165, 1.54) is 0 Å². The van der Waals surface area contributed by atoms with Gasteiger partial charge in [0.2, 0.25) is 5.91 Å². The lowest BCUT2D eigenvalue weighted by Gasteiger charge is -2.12. The van der Waals surface area contributed by atoms with E-state index in [1.54, 1.807) is 6.08 Å². The average molecular weight is 168 g/mol. The van der Waals surface area contributed by atoms with Gasteiger partial charge in [0.05, 0.1) is 6.17 Å². The smallest absolute Gasteiger partial charge is 0.224 e. The minimum Gasteiger partial charge on any atom is -0.341 e. The second kappa shape index (κ2) is 4.26. The van der Waals surface area contributed by atoms with Crippen molar-refractivity contribution in [1.29, 1.82) is 0 Å². The second-order valence-electron chi connectivity index (χ2n) is 3.27. The Morgan fingerprint density at radius 2 is 2.42 bits per heavy atom. The van der Waals surface area contributed by atoms with E-state index in [-0.39, 0.29) is 18.0 Å². The minimum absolute atomic E-state index is 0.0832. The summed E-state index contributed by atoms with van der Waals surface area (Å²) in [6.07, 6.45) is 5.26. The quantitative estimate of drug-likeness (QED) is 0.598. The number of hydrogen-bond donors (Lipinski definition) is 2. The molecule has 0 aromatic rings. The van der Waals surface area contributed by atoms with Crippen LogP contribution in [0.25, 0.3) is 0 Å². The van der Waals surface area contributed by atoms with Gasteiger partial charge in [-0.25, -0.2) is 0 Å². The molecule has 2 atom stereocenters.